The molecule has 6 heteroatoms. The van der Waals surface area contributed by atoms with Crippen molar-refractivity contribution in [2.45, 2.75) is 38.1 Å². The Morgan fingerprint density at radius 2 is 1.89 bits per heavy atom. The Hall–Kier alpha value is -2.47. The van der Waals surface area contributed by atoms with Gasteiger partial charge in [0.1, 0.15) is 12.1 Å². The van der Waals surface area contributed by atoms with Crippen LogP contribution in [0.3, 0.4) is 0 Å². The summed E-state index contributed by atoms with van der Waals surface area (Å²) in [5.41, 5.74) is 2.41. The molecule has 2 aliphatic rings. The number of amides is 1. The minimum atomic E-state index is 0.0886. The molecule has 0 saturated carbocycles. The van der Waals surface area contributed by atoms with Crippen LogP contribution in [0.4, 0.5) is 0 Å². The summed E-state index contributed by atoms with van der Waals surface area (Å²) in [6.07, 6.45) is 8.06. The summed E-state index contributed by atoms with van der Waals surface area (Å²) in [5.74, 6) is 1.33. The van der Waals surface area contributed by atoms with Crippen molar-refractivity contribution < 1.29 is 9.53 Å². The lowest BCUT2D eigenvalue weighted by Gasteiger charge is -2.32. The summed E-state index contributed by atoms with van der Waals surface area (Å²) in [7, 11) is 0. The molecule has 2 fully saturated rings. The highest BCUT2D eigenvalue weighted by Crippen LogP contribution is 2.26. The van der Waals surface area contributed by atoms with Crippen LogP contribution in [0.15, 0.2) is 42.9 Å². The van der Waals surface area contributed by atoms with Crippen LogP contribution in [-0.4, -0.2) is 58.5 Å². The molecule has 1 atom stereocenters. The molecule has 2 aliphatic heterocycles. The lowest BCUT2D eigenvalue weighted by molar-refractivity contribution is -0.132. The summed E-state index contributed by atoms with van der Waals surface area (Å²) in [5, 5.41) is 0. The van der Waals surface area contributed by atoms with Gasteiger partial charge >= 0.3 is 0 Å². The Balaban J connectivity index is 1.27. The van der Waals surface area contributed by atoms with E-state index in [-0.39, 0.29) is 12.5 Å². The number of piperidine rings is 1. The van der Waals surface area contributed by atoms with E-state index in [4.69, 9.17) is 4.74 Å². The Morgan fingerprint density at radius 1 is 1.07 bits per heavy atom. The van der Waals surface area contributed by atoms with Crippen LogP contribution in [0.1, 0.15) is 42.9 Å². The Kier molecular flexibility index (Phi) is 6.17. The molecule has 0 aliphatic carbocycles. The third-order valence-electron chi connectivity index (χ3n) is 5.68. The van der Waals surface area contributed by atoms with E-state index in [0.717, 1.165) is 57.0 Å². The number of likely N-dealkylation sites (tertiary alicyclic amines) is 2. The number of aromatic nitrogens is 2. The highest BCUT2D eigenvalue weighted by atomic mass is 16.5. The number of ether oxygens (including phenoxy) is 1. The van der Waals surface area contributed by atoms with E-state index in [2.05, 4.69) is 27.0 Å². The maximum atomic E-state index is 12.1. The highest BCUT2D eigenvalue weighted by Gasteiger charge is 2.22. The first-order valence-corrected chi connectivity index (χ1v) is 10.3. The standard InChI is InChI=1S/C22H28N4O2/c27-22(26-12-1-2-13-26)16-28-20-7-5-18(6-8-20)14-25-11-3-4-19(15-25)21-9-10-23-17-24-21/h5-10,17,19H,1-4,11-16H2/t19-/m1/s1. The Labute approximate surface area is 166 Å². The van der Waals surface area contributed by atoms with Crippen molar-refractivity contribution in [2.75, 3.05) is 32.8 Å². The molecule has 1 aromatic carbocycles. The Bertz CT molecular complexity index is 760. The monoisotopic (exact) mass is 380 g/mol. The van der Waals surface area contributed by atoms with E-state index in [1.54, 1.807) is 6.33 Å². The molecule has 148 valence electrons. The largest absolute Gasteiger partial charge is 0.484 e. The zero-order chi connectivity index (χ0) is 19.2. The molecule has 2 aromatic rings. The van der Waals surface area contributed by atoms with Crippen LogP contribution in [0.25, 0.3) is 0 Å². The number of carbonyl (C=O) groups is 1. The average Bonchev–Trinajstić information content (AvgIpc) is 3.29. The second-order valence-electron chi connectivity index (χ2n) is 7.73. The first-order chi connectivity index (χ1) is 13.8. The summed E-state index contributed by atoms with van der Waals surface area (Å²) in [4.78, 5) is 24.9. The molecule has 1 aromatic heterocycles. The predicted octanol–water partition coefficient (Wildman–Crippen LogP) is 2.86. The smallest absolute Gasteiger partial charge is 0.260 e. The normalized spacial score (nSPS) is 20.3. The van der Waals surface area contributed by atoms with Gasteiger partial charge in [-0.25, -0.2) is 9.97 Å². The van der Waals surface area contributed by atoms with E-state index in [1.165, 1.54) is 18.4 Å². The fraction of sp³-hybridized carbons (Fsp3) is 0.500. The predicted molar refractivity (Wildman–Crippen MR) is 107 cm³/mol. The van der Waals surface area contributed by atoms with Gasteiger partial charge in [0.05, 0.1) is 0 Å². The van der Waals surface area contributed by atoms with Crippen LogP contribution >= 0.6 is 0 Å². The van der Waals surface area contributed by atoms with Crippen molar-refractivity contribution in [1.82, 2.24) is 19.8 Å². The van der Waals surface area contributed by atoms with Crippen molar-refractivity contribution in [3.05, 3.63) is 54.1 Å². The van der Waals surface area contributed by atoms with Crippen LogP contribution < -0.4 is 4.74 Å². The molecule has 0 spiro atoms. The molecule has 0 N–H and O–H groups in total. The second-order valence-corrected chi connectivity index (χ2v) is 7.73. The lowest BCUT2D eigenvalue weighted by Crippen LogP contribution is -2.34. The molecule has 0 bridgehead atoms. The van der Waals surface area contributed by atoms with E-state index >= 15 is 0 Å². The number of hydrogen-bond donors (Lipinski definition) is 0. The minimum absolute atomic E-state index is 0.0886. The van der Waals surface area contributed by atoms with Gasteiger partial charge in [0.2, 0.25) is 0 Å². The van der Waals surface area contributed by atoms with E-state index < -0.39 is 0 Å². The molecular weight excluding hydrogens is 352 g/mol. The van der Waals surface area contributed by atoms with Crippen molar-refractivity contribution >= 4 is 5.91 Å². The Morgan fingerprint density at radius 3 is 2.64 bits per heavy atom. The number of nitrogens with zero attached hydrogens (tertiary/aromatic N) is 4. The third kappa shape index (κ3) is 4.87. The first kappa shape index (κ1) is 18.9. The van der Waals surface area contributed by atoms with Crippen molar-refractivity contribution in [1.29, 1.82) is 0 Å². The van der Waals surface area contributed by atoms with Crippen LogP contribution in [-0.2, 0) is 11.3 Å². The fourth-order valence-electron chi connectivity index (χ4n) is 4.14. The van der Waals surface area contributed by atoms with E-state index in [1.807, 2.05) is 29.3 Å². The first-order valence-electron chi connectivity index (χ1n) is 10.3. The quantitative estimate of drug-likeness (QED) is 0.771. The van der Waals surface area contributed by atoms with Crippen molar-refractivity contribution in [2.24, 2.45) is 0 Å². The van der Waals surface area contributed by atoms with Gasteiger partial charge in [-0.2, -0.15) is 0 Å². The van der Waals surface area contributed by atoms with Crippen LogP contribution in [0.2, 0.25) is 0 Å². The molecule has 1 amide bonds. The van der Waals surface area contributed by atoms with Crippen LogP contribution in [0, 0.1) is 0 Å². The van der Waals surface area contributed by atoms with Crippen LogP contribution in [0.5, 0.6) is 5.75 Å². The van der Waals surface area contributed by atoms with Gasteiger partial charge in [-0.1, -0.05) is 12.1 Å². The lowest BCUT2D eigenvalue weighted by atomic mass is 9.94. The summed E-state index contributed by atoms with van der Waals surface area (Å²) < 4.78 is 5.68. The maximum absolute atomic E-state index is 12.1. The fourth-order valence-corrected chi connectivity index (χ4v) is 4.14. The maximum Gasteiger partial charge on any atom is 0.260 e. The zero-order valence-corrected chi connectivity index (χ0v) is 16.3. The third-order valence-corrected chi connectivity index (χ3v) is 5.68. The number of benzene rings is 1. The number of hydrogen-bond acceptors (Lipinski definition) is 5. The molecule has 0 radical (unpaired) electrons. The average molecular weight is 380 g/mol. The molecule has 0 unspecified atom stereocenters. The molecule has 6 nitrogen and oxygen atoms in total. The number of rotatable bonds is 6. The number of carbonyl (C=O) groups excluding carboxylic acids is 1. The molecule has 3 heterocycles. The van der Waals surface area contributed by atoms with Gasteiger partial charge < -0.3 is 9.64 Å². The molecule has 4 rings (SSSR count). The van der Waals surface area contributed by atoms with Crippen molar-refractivity contribution in [3.8, 4) is 5.75 Å². The SMILES string of the molecule is O=C(COc1ccc(CN2CCC[C@@H](c3ccncn3)C2)cc1)N1CCCC1. The summed E-state index contributed by atoms with van der Waals surface area (Å²) in [6.45, 7) is 4.93. The van der Waals surface area contributed by atoms with Gasteiger partial charge in [0.25, 0.3) is 5.91 Å². The highest BCUT2D eigenvalue weighted by molar-refractivity contribution is 5.78. The zero-order valence-electron chi connectivity index (χ0n) is 16.3. The van der Waals surface area contributed by atoms with E-state index in [0.29, 0.717) is 5.92 Å². The molecule has 2 saturated heterocycles. The summed E-state index contributed by atoms with van der Waals surface area (Å²) >= 11 is 0. The molecule has 28 heavy (non-hydrogen) atoms. The van der Waals surface area contributed by atoms with Gasteiger partial charge in [-0.05, 0) is 56.0 Å². The molecular formula is C22H28N4O2. The van der Waals surface area contributed by atoms with Crippen molar-refractivity contribution in [3.63, 3.8) is 0 Å². The second kappa shape index (κ2) is 9.15. The van der Waals surface area contributed by atoms with Gasteiger partial charge in [-0.3, -0.25) is 9.69 Å². The van der Waals surface area contributed by atoms with Gasteiger partial charge in [0.15, 0.2) is 6.61 Å². The minimum Gasteiger partial charge on any atom is -0.484 e. The topological polar surface area (TPSA) is 58.6 Å². The van der Waals surface area contributed by atoms with Gasteiger partial charge in [-0.15, -0.1) is 0 Å². The van der Waals surface area contributed by atoms with E-state index in [9.17, 15) is 4.79 Å². The summed E-state index contributed by atoms with van der Waals surface area (Å²) in [6, 6.07) is 10.2. The van der Waals surface area contributed by atoms with Gasteiger partial charge in [0, 0.05) is 44.0 Å².